The van der Waals surface area contributed by atoms with Crippen molar-refractivity contribution < 1.29 is 5.11 Å². The van der Waals surface area contributed by atoms with E-state index >= 15 is 0 Å². The van der Waals surface area contributed by atoms with Crippen LogP contribution in [-0.2, 0) is 12.0 Å². The lowest BCUT2D eigenvalue weighted by Gasteiger charge is -2.31. The van der Waals surface area contributed by atoms with Crippen molar-refractivity contribution in [2.75, 3.05) is 0 Å². The Kier molecular flexibility index (Phi) is 3.00. The molecule has 1 unspecified atom stereocenters. The molecule has 0 radical (unpaired) electrons. The van der Waals surface area contributed by atoms with Crippen molar-refractivity contribution >= 4 is 12.2 Å². The zero-order chi connectivity index (χ0) is 13.3. The maximum atomic E-state index is 11.1. The number of aliphatic hydroxyl groups is 1. The average Bonchev–Trinajstić information content (AvgIpc) is 2.45. The van der Waals surface area contributed by atoms with Crippen LogP contribution in [0.1, 0.15) is 35.6 Å². The van der Waals surface area contributed by atoms with Gasteiger partial charge in [-0.1, -0.05) is 67.6 Å². The van der Waals surface area contributed by atoms with Crippen LogP contribution in [0.15, 0.2) is 48.5 Å². The van der Waals surface area contributed by atoms with Crippen LogP contribution in [0, 0.1) is 0 Å². The summed E-state index contributed by atoms with van der Waals surface area (Å²) in [7, 11) is 0. The molecule has 1 aliphatic rings. The molecule has 0 aliphatic heterocycles. The molecule has 96 valence electrons. The standard InChI is InChI=1S/C18H18O/c1-2-18(19)13-16-9-4-3-7-14(16)11-12-15-8-5-6-10-17(15)18/h3-12,19H,2,13H2,1H3/b12-11-. The van der Waals surface area contributed by atoms with Crippen LogP contribution in [0.3, 0.4) is 0 Å². The normalized spacial score (nSPS) is 22.8. The van der Waals surface area contributed by atoms with E-state index in [1.54, 1.807) is 0 Å². The van der Waals surface area contributed by atoms with E-state index in [4.69, 9.17) is 0 Å². The predicted octanol–water partition coefficient (Wildman–Crippen LogP) is 4.01. The summed E-state index contributed by atoms with van der Waals surface area (Å²) in [4.78, 5) is 0. The highest BCUT2D eigenvalue weighted by Crippen LogP contribution is 2.35. The molecule has 2 aromatic rings. The van der Waals surface area contributed by atoms with E-state index < -0.39 is 5.60 Å². The maximum Gasteiger partial charge on any atom is 0.0940 e. The second kappa shape index (κ2) is 4.67. The molecule has 0 amide bonds. The van der Waals surface area contributed by atoms with Crippen molar-refractivity contribution in [1.29, 1.82) is 0 Å². The highest BCUT2D eigenvalue weighted by molar-refractivity contribution is 5.74. The number of fused-ring (bicyclic) bond motifs is 2. The molecule has 2 aromatic carbocycles. The second-order valence-corrected chi connectivity index (χ2v) is 5.18. The molecule has 1 aliphatic carbocycles. The number of rotatable bonds is 1. The fourth-order valence-corrected chi connectivity index (χ4v) is 2.83. The van der Waals surface area contributed by atoms with Crippen LogP contribution in [0.4, 0.5) is 0 Å². The van der Waals surface area contributed by atoms with Gasteiger partial charge in [-0.3, -0.25) is 0 Å². The Morgan fingerprint density at radius 1 is 0.947 bits per heavy atom. The Hall–Kier alpha value is -1.86. The van der Waals surface area contributed by atoms with Gasteiger partial charge in [0.05, 0.1) is 5.60 Å². The van der Waals surface area contributed by atoms with Gasteiger partial charge in [-0.25, -0.2) is 0 Å². The number of hydrogen-bond acceptors (Lipinski definition) is 1. The summed E-state index contributed by atoms with van der Waals surface area (Å²) >= 11 is 0. The lowest BCUT2D eigenvalue weighted by atomic mass is 9.80. The third kappa shape index (κ3) is 2.11. The molecule has 19 heavy (non-hydrogen) atoms. The molecule has 0 fully saturated rings. The predicted molar refractivity (Wildman–Crippen MR) is 79.7 cm³/mol. The van der Waals surface area contributed by atoms with E-state index in [0.717, 1.165) is 11.1 Å². The van der Waals surface area contributed by atoms with Gasteiger partial charge in [0.1, 0.15) is 0 Å². The molecular formula is C18H18O. The van der Waals surface area contributed by atoms with Crippen LogP contribution in [0.5, 0.6) is 0 Å². The largest absolute Gasteiger partial charge is 0.385 e. The second-order valence-electron chi connectivity index (χ2n) is 5.18. The van der Waals surface area contributed by atoms with Gasteiger partial charge in [0.2, 0.25) is 0 Å². The van der Waals surface area contributed by atoms with E-state index in [1.807, 2.05) is 37.3 Å². The van der Waals surface area contributed by atoms with Crippen LogP contribution in [0.2, 0.25) is 0 Å². The summed E-state index contributed by atoms with van der Waals surface area (Å²) in [5.74, 6) is 0. The molecule has 0 saturated carbocycles. The summed E-state index contributed by atoms with van der Waals surface area (Å²) in [5.41, 5.74) is 3.77. The van der Waals surface area contributed by atoms with Crippen molar-refractivity contribution in [2.24, 2.45) is 0 Å². The van der Waals surface area contributed by atoms with Crippen molar-refractivity contribution in [1.82, 2.24) is 0 Å². The molecular weight excluding hydrogens is 232 g/mol. The van der Waals surface area contributed by atoms with Gasteiger partial charge in [-0.05, 0) is 28.7 Å². The Labute approximate surface area is 114 Å². The highest BCUT2D eigenvalue weighted by atomic mass is 16.3. The first-order valence-corrected chi connectivity index (χ1v) is 6.81. The Morgan fingerprint density at radius 3 is 2.37 bits per heavy atom. The minimum absolute atomic E-state index is 0.668. The molecule has 0 spiro atoms. The molecule has 1 heteroatoms. The average molecular weight is 250 g/mol. The zero-order valence-electron chi connectivity index (χ0n) is 11.1. The molecule has 1 N–H and O–H groups in total. The Bertz CT molecular complexity index is 627. The van der Waals surface area contributed by atoms with Gasteiger partial charge in [0.15, 0.2) is 0 Å². The minimum Gasteiger partial charge on any atom is -0.385 e. The Morgan fingerprint density at radius 2 is 1.58 bits per heavy atom. The smallest absolute Gasteiger partial charge is 0.0940 e. The van der Waals surface area contributed by atoms with Gasteiger partial charge in [0, 0.05) is 6.42 Å². The summed E-state index contributed by atoms with van der Waals surface area (Å²) in [6.45, 7) is 2.05. The fourth-order valence-electron chi connectivity index (χ4n) is 2.83. The van der Waals surface area contributed by atoms with Crippen LogP contribution < -0.4 is 0 Å². The van der Waals surface area contributed by atoms with E-state index in [1.165, 1.54) is 11.1 Å². The summed E-state index contributed by atoms with van der Waals surface area (Å²) in [6.07, 6.45) is 5.63. The quantitative estimate of drug-likeness (QED) is 0.810. The Balaban J connectivity index is 2.23. The summed E-state index contributed by atoms with van der Waals surface area (Å²) in [5, 5.41) is 11.1. The molecule has 0 saturated heterocycles. The highest BCUT2D eigenvalue weighted by Gasteiger charge is 2.30. The van der Waals surface area contributed by atoms with E-state index in [2.05, 4.69) is 30.4 Å². The van der Waals surface area contributed by atoms with Gasteiger partial charge < -0.3 is 5.11 Å². The van der Waals surface area contributed by atoms with Crippen molar-refractivity contribution in [3.63, 3.8) is 0 Å². The molecule has 3 rings (SSSR count). The van der Waals surface area contributed by atoms with E-state index in [0.29, 0.717) is 12.8 Å². The van der Waals surface area contributed by atoms with Crippen molar-refractivity contribution in [3.05, 3.63) is 70.8 Å². The summed E-state index contributed by atoms with van der Waals surface area (Å²) < 4.78 is 0. The van der Waals surface area contributed by atoms with Gasteiger partial charge >= 0.3 is 0 Å². The monoisotopic (exact) mass is 250 g/mol. The van der Waals surface area contributed by atoms with Gasteiger partial charge in [0.25, 0.3) is 0 Å². The first kappa shape index (κ1) is 12.2. The first-order valence-electron chi connectivity index (χ1n) is 6.81. The SMILES string of the molecule is CCC1(O)Cc2ccccc2/C=C\c2ccccc21. The van der Waals surface area contributed by atoms with Crippen molar-refractivity contribution in [2.45, 2.75) is 25.4 Å². The lowest BCUT2D eigenvalue weighted by Crippen LogP contribution is -2.29. The minimum atomic E-state index is -0.780. The van der Waals surface area contributed by atoms with Gasteiger partial charge in [-0.15, -0.1) is 0 Å². The van der Waals surface area contributed by atoms with E-state index in [-0.39, 0.29) is 0 Å². The maximum absolute atomic E-state index is 11.1. The molecule has 1 nitrogen and oxygen atoms in total. The number of benzene rings is 2. The first-order chi connectivity index (χ1) is 9.23. The number of hydrogen-bond donors (Lipinski definition) is 1. The fraction of sp³-hybridized carbons (Fsp3) is 0.222. The van der Waals surface area contributed by atoms with Crippen LogP contribution in [-0.4, -0.2) is 5.11 Å². The summed E-state index contributed by atoms with van der Waals surface area (Å²) in [6, 6.07) is 16.4. The third-order valence-electron chi connectivity index (χ3n) is 4.03. The zero-order valence-corrected chi connectivity index (χ0v) is 11.1. The molecule has 0 bridgehead atoms. The lowest BCUT2D eigenvalue weighted by molar-refractivity contribution is 0.0324. The topological polar surface area (TPSA) is 20.2 Å². The van der Waals surface area contributed by atoms with Crippen LogP contribution >= 0.6 is 0 Å². The van der Waals surface area contributed by atoms with Gasteiger partial charge in [-0.2, -0.15) is 0 Å². The molecule has 1 atom stereocenters. The molecule has 0 heterocycles. The van der Waals surface area contributed by atoms with Crippen LogP contribution in [0.25, 0.3) is 12.2 Å². The third-order valence-corrected chi connectivity index (χ3v) is 4.03. The molecule has 0 aromatic heterocycles. The van der Waals surface area contributed by atoms with E-state index in [9.17, 15) is 5.11 Å². The van der Waals surface area contributed by atoms with Crippen molar-refractivity contribution in [3.8, 4) is 0 Å².